The molecular formula is C20H14ClF2NO2. The molecule has 0 atom stereocenters. The Bertz CT molecular complexity index is 956. The molecule has 0 heterocycles. The highest BCUT2D eigenvalue weighted by Crippen LogP contribution is 2.32. The van der Waals surface area contributed by atoms with Gasteiger partial charge in [-0.2, -0.15) is 0 Å². The van der Waals surface area contributed by atoms with Crippen molar-refractivity contribution in [3.63, 3.8) is 0 Å². The fourth-order valence-electron chi connectivity index (χ4n) is 2.53. The van der Waals surface area contributed by atoms with Gasteiger partial charge in [0.15, 0.2) is 0 Å². The van der Waals surface area contributed by atoms with Gasteiger partial charge >= 0.3 is 0 Å². The summed E-state index contributed by atoms with van der Waals surface area (Å²) in [4.78, 5) is 12.2. The number of benzene rings is 3. The number of carbonyl (C=O) groups is 1. The van der Waals surface area contributed by atoms with Gasteiger partial charge in [-0.05, 0) is 48.0 Å². The average Bonchev–Trinajstić information content (AvgIpc) is 2.62. The largest absolute Gasteiger partial charge is 0.497 e. The van der Waals surface area contributed by atoms with Gasteiger partial charge in [-0.3, -0.25) is 4.79 Å². The maximum Gasteiger partial charge on any atom is 0.261 e. The number of halogens is 3. The van der Waals surface area contributed by atoms with Gasteiger partial charge in [-0.25, -0.2) is 8.78 Å². The molecular weight excluding hydrogens is 360 g/mol. The van der Waals surface area contributed by atoms with E-state index in [9.17, 15) is 13.6 Å². The fraction of sp³-hybridized carbons (Fsp3) is 0.0500. The van der Waals surface area contributed by atoms with E-state index in [1.165, 1.54) is 6.07 Å². The van der Waals surface area contributed by atoms with Crippen LogP contribution in [-0.2, 0) is 0 Å². The number of amides is 1. The van der Waals surface area contributed by atoms with Crippen molar-refractivity contribution in [2.45, 2.75) is 0 Å². The summed E-state index contributed by atoms with van der Waals surface area (Å²) in [6, 6.07) is 15.3. The molecule has 0 fully saturated rings. The molecule has 0 aromatic heterocycles. The van der Waals surface area contributed by atoms with Crippen LogP contribution in [0.5, 0.6) is 5.75 Å². The van der Waals surface area contributed by atoms with E-state index in [1.54, 1.807) is 49.6 Å². The Morgan fingerprint density at radius 3 is 2.38 bits per heavy atom. The van der Waals surface area contributed by atoms with Gasteiger partial charge in [0, 0.05) is 16.3 Å². The molecule has 3 rings (SSSR count). The zero-order chi connectivity index (χ0) is 18.7. The molecule has 26 heavy (non-hydrogen) atoms. The minimum absolute atomic E-state index is 0.383. The third-order valence-electron chi connectivity index (χ3n) is 3.79. The highest BCUT2D eigenvalue weighted by molar-refractivity contribution is 6.33. The minimum Gasteiger partial charge on any atom is -0.497 e. The third-order valence-corrected chi connectivity index (χ3v) is 4.12. The second kappa shape index (κ2) is 7.54. The van der Waals surface area contributed by atoms with Gasteiger partial charge < -0.3 is 10.1 Å². The summed E-state index contributed by atoms with van der Waals surface area (Å²) in [5.74, 6) is -2.08. The number of hydrogen-bond acceptors (Lipinski definition) is 2. The molecule has 6 heteroatoms. The maximum atomic E-state index is 13.8. The van der Waals surface area contributed by atoms with Crippen LogP contribution in [0.25, 0.3) is 11.1 Å². The number of anilines is 1. The Balaban J connectivity index is 1.92. The maximum absolute atomic E-state index is 13.8. The van der Waals surface area contributed by atoms with Crippen LogP contribution in [0, 0.1) is 11.6 Å². The SMILES string of the molecule is COc1ccc(Cl)c(-c2cccc(NC(=O)c3c(F)cccc3F)c2)c1. The summed E-state index contributed by atoms with van der Waals surface area (Å²) in [6.07, 6.45) is 0. The average molecular weight is 374 g/mol. The van der Waals surface area contributed by atoms with E-state index in [-0.39, 0.29) is 0 Å². The number of carbonyl (C=O) groups excluding carboxylic acids is 1. The first kappa shape index (κ1) is 17.9. The monoisotopic (exact) mass is 373 g/mol. The topological polar surface area (TPSA) is 38.3 Å². The summed E-state index contributed by atoms with van der Waals surface area (Å²) < 4.78 is 32.7. The predicted octanol–water partition coefficient (Wildman–Crippen LogP) is 5.55. The lowest BCUT2D eigenvalue weighted by atomic mass is 10.0. The van der Waals surface area contributed by atoms with Crippen LogP contribution in [0.4, 0.5) is 14.5 Å². The highest BCUT2D eigenvalue weighted by Gasteiger charge is 2.17. The van der Waals surface area contributed by atoms with Crippen molar-refractivity contribution in [3.8, 4) is 16.9 Å². The predicted molar refractivity (Wildman–Crippen MR) is 97.8 cm³/mol. The Hall–Kier alpha value is -2.92. The van der Waals surface area contributed by atoms with E-state index in [1.807, 2.05) is 0 Å². The van der Waals surface area contributed by atoms with Crippen molar-refractivity contribution in [2.24, 2.45) is 0 Å². The Morgan fingerprint density at radius 2 is 1.69 bits per heavy atom. The van der Waals surface area contributed by atoms with Gasteiger partial charge in [0.2, 0.25) is 0 Å². The summed E-state index contributed by atoms with van der Waals surface area (Å²) in [5.41, 5.74) is 1.19. The van der Waals surface area contributed by atoms with E-state index in [4.69, 9.17) is 16.3 Å². The summed E-state index contributed by atoms with van der Waals surface area (Å²) in [5, 5.41) is 3.01. The van der Waals surface area contributed by atoms with Gasteiger partial charge in [0.1, 0.15) is 22.9 Å². The molecule has 3 nitrogen and oxygen atoms in total. The molecule has 1 N–H and O–H groups in total. The molecule has 0 radical (unpaired) electrons. The van der Waals surface area contributed by atoms with Gasteiger partial charge in [0.25, 0.3) is 5.91 Å². The lowest BCUT2D eigenvalue weighted by Crippen LogP contribution is -2.15. The lowest BCUT2D eigenvalue weighted by molar-refractivity contribution is 0.101. The van der Waals surface area contributed by atoms with Crippen molar-refractivity contribution in [1.29, 1.82) is 0 Å². The first-order chi connectivity index (χ1) is 12.5. The number of nitrogens with one attached hydrogen (secondary N) is 1. The summed E-state index contributed by atoms with van der Waals surface area (Å²) >= 11 is 6.24. The van der Waals surface area contributed by atoms with Crippen LogP contribution in [0.2, 0.25) is 5.02 Å². The molecule has 0 aliphatic carbocycles. The van der Waals surface area contributed by atoms with Gasteiger partial charge in [-0.15, -0.1) is 0 Å². The van der Waals surface area contributed by atoms with E-state index in [0.717, 1.165) is 17.7 Å². The van der Waals surface area contributed by atoms with Crippen molar-refractivity contribution in [3.05, 3.63) is 82.9 Å². The fourth-order valence-corrected chi connectivity index (χ4v) is 2.75. The van der Waals surface area contributed by atoms with Gasteiger partial charge in [0.05, 0.1) is 7.11 Å². The number of methoxy groups -OCH3 is 1. The molecule has 0 unspecified atom stereocenters. The summed E-state index contributed by atoms with van der Waals surface area (Å²) in [7, 11) is 1.55. The zero-order valence-corrected chi connectivity index (χ0v) is 14.5. The van der Waals surface area contributed by atoms with Crippen LogP contribution < -0.4 is 10.1 Å². The molecule has 0 saturated heterocycles. The van der Waals surface area contributed by atoms with Crippen LogP contribution in [0.15, 0.2) is 60.7 Å². The highest BCUT2D eigenvalue weighted by atomic mass is 35.5. The van der Waals surface area contributed by atoms with Crippen LogP contribution in [0.3, 0.4) is 0 Å². The molecule has 3 aromatic rings. The second-order valence-corrected chi connectivity index (χ2v) is 5.88. The quantitative estimate of drug-likeness (QED) is 0.651. The van der Waals surface area contributed by atoms with Crippen molar-refractivity contribution >= 4 is 23.2 Å². The molecule has 0 bridgehead atoms. The number of hydrogen-bond donors (Lipinski definition) is 1. The summed E-state index contributed by atoms with van der Waals surface area (Å²) in [6.45, 7) is 0. The van der Waals surface area contributed by atoms with E-state index in [0.29, 0.717) is 22.0 Å². The molecule has 132 valence electrons. The van der Waals surface area contributed by atoms with E-state index in [2.05, 4.69) is 5.32 Å². The standard InChI is InChI=1S/C20H14ClF2NO2/c1-26-14-8-9-16(21)15(11-14)12-4-2-5-13(10-12)24-20(25)19-17(22)6-3-7-18(19)23/h2-11H,1H3,(H,24,25). The first-order valence-corrected chi connectivity index (χ1v) is 8.06. The molecule has 0 aliphatic heterocycles. The van der Waals surface area contributed by atoms with Crippen molar-refractivity contribution < 1.29 is 18.3 Å². The zero-order valence-electron chi connectivity index (χ0n) is 13.7. The molecule has 3 aromatic carbocycles. The normalized spacial score (nSPS) is 10.5. The molecule has 0 saturated carbocycles. The number of ether oxygens (including phenoxy) is 1. The van der Waals surface area contributed by atoms with E-state index >= 15 is 0 Å². The Labute approximate surface area is 154 Å². The first-order valence-electron chi connectivity index (χ1n) is 7.69. The van der Waals surface area contributed by atoms with Crippen molar-refractivity contribution in [2.75, 3.05) is 12.4 Å². The van der Waals surface area contributed by atoms with Crippen LogP contribution >= 0.6 is 11.6 Å². The van der Waals surface area contributed by atoms with E-state index < -0.39 is 23.1 Å². The Kier molecular flexibility index (Phi) is 5.19. The Morgan fingerprint density at radius 1 is 1.00 bits per heavy atom. The molecule has 1 amide bonds. The van der Waals surface area contributed by atoms with Crippen LogP contribution in [0.1, 0.15) is 10.4 Å². The minimum atomic E-state index is -0.922. The molecule has 0 spiro atoms. The number of rotatable bonds is 4. The van der Waals surface area contributed by atoms with Crippen molar-refractivity contribution in [1.82, 2.24) is 0 Å². The van der Waals surface area contributed by atoms with Crippen LogP contribution in [-0.4, -0.2) is 13.0 Å². The van der Waals surface area contributed by atoms with Gasteiger partial charge in [-0.1, -0.05) is 29.8 Å². The smallest absolute Gasteiger partial charge is 0.261 e. The second-order valence-electron chi connectivity index (χ2n) is 5.48. The third kappa shape index (κ3) is 3.68. The lowest BCUT2D eigenvalue weighted by Gasteiger charge is -2.11. The molecule has 0 aliphatic rings.